The first kappa shape index (κ1) is 24.6. The van der Waals surface area contributed by atoms with Gasteiger partial charge in [-0.15, -0.1) is 0 Å². The summed E-state index contributed by atoms with van der Waals surface area (Å²) in [4.78, 5) is 30.4. The number of piperazine rings is 1. The summed E-state index contributed by atoms with van der Waals surface area (Å²) < 4.78 is 44.2. The molecule has 1 aromatic carbocycles. The lowest BCUT2D eigenvalue weighted by atomic mass is 10.2. The highest BCUT2D eigenvalue weighted by Gasteiger charge is 2.33. The van der Waals surface area contributed by atoms with Crippen LogP contribution in [0.3, 0.4) is 0 Å². The molecule has 2 saturated heterocycles. The van der Waals surface area contributed by atoms with Crippen molar-refractivity contribution in [3.05, 3.63) is 28.8 Å². The van der Waals surface area contributed by atoms with Crippen LogP contribution in [-0.2, 0) is 15.7 Å². The molecule has 2 aliphatic heterocycles. The van der Waals surface area contributed by atoms with E-state index in [0.29, 0.717) is 45.9 Å². The maximum atomic E-state index is 13.0. The van der Waals surface area contributed by atoms with Crippen molar-refractivity contribution < 1.29 is 27.5 Å². The third kappa shape index (κ3) is 7.22. The molecule has 32 heavy (non-hydrogen) atoms. The van der Waals surface area contributed by atoms with E-state index in [-0.39, 0.29) is 18.3 Å². The van der Waals surface area contributed by atoms with E-state index < -0.39 is 22.7 Å². The van der Waals surface area contributed by atoms with Crippen LogP contribution < -0.4 is 10.6 Å². The molecule has 3 amide bonds. The van der Waals surface area contributed by atoms with Crippen LogP contribution in [0.15, 0.2) is 18.2 Å². The third-order valence-electron chi connectivity index (χ3n) is 5.39. The highest BCUT2D eigenvalue weighted by atomic mass is 35.5. The van der Waals surface area contributed by atoms with Gasteiger partial charge in [0.2, 0.25) is 5.91 Å². The van der Waals surface area contributed by atoms with E-state index in [2.05, 4.69) is 15.5 Å². The van der Waals surface area contributed by atoms with Crippen LogP contribution in [0.2, 0.25) is 5.02 Å². The molecule has 0 bridgehead atoms. The molecule has 2 heterocycles. The summed E-state index contributed by atoms with van der Waals surface area (Å²) in [5, 5.41) is 4.97. The zero-order valence-electron chi connectivity index (χ0n) is 17.6. The summed E-state index contributed by atoms with van der Waals surface area (Å²) in [5.74, 6) is -0.427. The Kier molecular flexibility index (Phi) is 8.57. The molecule has 3 rings (SSSR count). The van der Waals surface area contributed by atoms with Crippen molar-refractivity contribution in [3.63, 3.8) is 0 Å². The number of urea groups is 1. The van der Waals surface area contributed by atoms with E-state index in [0.717, 1.165) is 31.8 Å². The Morgan fingerprint density at radius 1 is 1.03 bits per heavy atom. The summed E-state index contributed by atoms with van der Waals surface area (Å²) in [6.45, 7) is 6.45. The molecule has 12 heteroatoms. The normalized spacial score (nSPS) is 18.4. The number of hydrogen-bond acceptors (Lipinski definition) is 5. The number of alkyl halides is 3. The Labute approximate surface area is 189 Å². The van der Waals surface area contributed by atoms with Crippen LogP contribution in [0.4, 0.5) is 23.7 Å². The molecular weight excluding hydrogens is 451 g/mol. The second-order valence-electron chi connectivity index (χ2n) is 7.69. The van der Waals surface area contributed by atoms with Gasteiger partial charge in [-0.3, -0.25) is 14.6 Å². The van der Waals surface area contributed by atoms with Gasteiger partial charge in [0.05, 0.1) is 30.3 Å². The fraction of sp³-hybridized carbons (Fsp3) is 0.600. The maximum Gasteiger partial charge on any atom is 0.417 e. The lowest BCUT2D eigenvalue weighted by Gasteiger charge is -2.34. The van der Waals surface area contributed by atoms with Crippen molar-refractivity contribution in [1.82, 2.24) is 20.0 Å². The number of carbonyl (C=O) groups is 2. The summed E-state index contributed by atoms with van der Waals surface area (Å²) in [6, 6.07) is 3.12. The molecule has 2 fully saturated rings. The third-order valence-corrected chi connectivity index (χ3v) is 5.72. The number of morpholine rings is 1. The molecule has 0 aromatic heterocycles. The van der Waals surface area contributed by atoms with Gasteiger partial charge in [-0.25, -0.2) is 4.79 Å². The Bertz CT molecular complexity index is 797. The summed E-state index contributed by atoms with van der Waals surface area (Å²) in [7, 11) is 0. The number of carbonyl (C=O) groups excluding carboxylic acids is 2. The highest BCUT2D eigenvalue weighted by molar-refractivity contribution is 6.31. The van der Waals surface area contributed by atoms with Crippen molar-refractivity contribution in [2.75, 3.05) is 77.4 Å². The quantitative estimate of drug-likeness (QED) is 0.655. The van der Waals surface area contributed by atoms with E-state index in [9.17, 15) is 22.8 Å². The Morgan fingerprint density at radius 3 is 2.38 bits per heavy atom. The minimum Gasteiger partial charge on any atom is -0.379 e. The van der Waals surface area contributed by atoms with Gasteiger partial charge < -0.3 is 20.3 Å². The van der Waals surface area contributed by atoms with Crippen molar-refractivity contribution >= 4 is 29.2 Å². The highest BCUT2D eigenvalue weighted by Crippen LogP contribution is 2.36. The number of rotatable bonds is 6. The maximum absolute atomic E-state index is 13.0. The molecule has 0 spiro atoms. The molecule has 2 N–H and O–H groups in total. The van der Waals surface area contributed by atoms with Gasteiger partial charge in [0.25, 0.3) is 0 Å². The van der Waals surface area contributed by atoms with E-state index in [1.165, 1.54) is 6.07 Å². The Hall–Kier alpha value is -2.08. The molecule has 178 valence electrons. The van der Waals surface area contributed by atoms with Gasteiger partial charge >= 0.3 is 12.2 Å². The van der Waals surface area contributed by atoms with Crippen LogP contribution >= 0.6 is 11.6 Å². The predicted molar refractivity (Wildman–Crippen MR) is 114 cm³/mol. The first-order chi connectivity index (χ1) is 15.2. The van der Waals surface area contributed by atoms with Gasteiger partial charge in [0, 0.05) is 58.0 Å². The molecule has 0 radical (unpaired) electrons. The minimum atomic E-state index is -4.60. The van der Waals surface area contributed by atoms with Crippen molar-refractivity contribution in [1.29, 1.82) is 0 Å². The Morgan fingerprint density at radius 2 is 1.72 bits per heavy atom. The second-order valence-corrected chi connectivity index (χ2v) is 8.10. The SMILES string of the molecule is O=C(CN1CCN(C(=O)NCCN2CCOCC2)CC1)Nc1ccc(Cl)c(C(F)(F)F)c1. The smallest absolute Gasteiger partial charge is 0.379 e. The molecule has 1 aromatic rings. The number of halogens is 4. The Balaban J connectivity index is 1.38. The number of amides is 3. The van der Waals surface area contributed by atoms with Crippen molar-refractivity contribution in [2.24, 2.45) is 0 Å². The fourth-order valence-electron chi connectivity index (χ4n) is 3.59. The lowest BCUT2D eigenvalue weighted by Crippen LogP contribution is -2.53. The molecule has 0 atom stereocenters. The first-order valence-electron chi connectivity index (χ1n) is 10.4. The van der Waals surface area contributed by atoms with Crippen LogP contribution in [-0.4, -0.2) is 98.8 Å². The number of ether oxygens (including phenoxy) is 1. The van der Waals surface area contributed by atoms with Crippen LogP contribution in [0.5, 0.6) is 0 Å². The van der Waals surface area contributed by atoms with E-state index in [1.54, 1.807) is 4.90 Å². The van der Waals surface area contributed by atoms with E-state index >= 15 is 0 Å². The minimum absolute atomic E-state index is 0.0243. The van der Waals surface area contributed by atoms with Crippen LogP contribution in [0.1, 0.15) is 5.56 Å². The van der Waals surface area contributed by atoms with E-state index in [1.807, 2.05) is 4.90 Å². The van der Waals surface area contributed by atoms with Crippen LogP contribution in [0, 0.1) is 0 Å². The monoisotopic (exact) mass is 477 g/mol. The molecule has 0 saturated carbocycles. The van der Waals surface area contributed by atoms with Crippen molar-refractivity contribution in [3.8, 4) is 0 Å². The van der Waals surface area contributed by atoms with Crippen molar-refractivity contribution in [2.45, 2.75) is 6.18 Å². The van der Waals surface area contributed by atoms with E-state index in [4.69, 9.17) is 16.3 Å². The number of nitrogens with one attached hydrogen (secondary N) is 2. The fourth-order valence-corrected chi connectivity index (χ4v) is 3.82. The summed E-state index contributed by atoms with van der Waals surface area (Å²) >= 11 is 5.60. The van der Waals surface area contributed by atoms with Gasteiger partial charge in [-0.1, -0.05) is 11.6 Å². The molecular formula is C20H27ClF3N5O3. The molecule has 0 unspecified atom stereocenters. The molecule has 2 aliphatic rings. The standard InChI is InChI=1S/C20H27ClF3N5O3/c21-17-2-1-15(13-16(17)20(22,23)24)26-18(30)14-28-5-7-29(8-6-28)19(31)25-3-4-27-9-11-32-12-10-27/h1-2,13H,3-12,14H2,(H,25,31)(H,26,30). The van der Waals surface area contributed by atoms with Crippen LogP contribution in [0.25, 0.3) is 0 Å². The van der Waals surface area contributed by atoms with Gasteiger partial charge in [-0.2, -0.15) is 13.2 Å². The predicted octanol–water partition coefficient (Wildman–Crippen LogP) is 1.96. The number of benzene rings is 1. The lowest BCUT2D eigenvalue weighted by molar-refractivity contribution is -0.137. The number of nitrogens with zero attached hydrogens (tertiary/aromatic N) is 3. The molecule has 0 aliphatic carbocycles. The first-order valence-corrected chi connectivity index (χ1v) is 10.8. The topological polar surface area (TPSA) is 77.2 Å². The summed E-state index contributed by atoms with van der Waals surface area (Å²) in [6.07, 6.45) is -4.60. The average molecular weight is 478 g/mol. The van der Waals surface area contributed by atoms with Gasteiger partial charge in [-0.05, 0) is 18.2 Å². The zero-order valence-corrected chi connectivity index (χ0v) is 18.3. The van der Waals surface area contributed by atoms with Gasteiger partial charge in [0.1, 0.15) is 0 Å². The van der Waals surface area contributed by atoms with Gasteiger partial charge in [0.15, 0.2) is 0 Å². The molecule has 8 nitrogen and oxygen atoms in total. The zero-order chi connectivity index (χ0) is 23.1. The largest absolute Gasteiger partial charge is 0.417 e. The number of hydrogen-bond donors (Lipinski definition) is 2. The number of anilines is 1. The summed E-state index contributed by atoms with van der Waals surface area (Å²) in [5.41, 5.74) is -0.963. The average Bonchev–Trinajstić information content (AvgIpc) is 2.75. The second kappa shape index (κ2) is 11.2.